The summed E-state index contributed by atoms with van der Waals surface area (Å²) in [6.07, 6.45) is 0. The first kappa shape index (κ1) is 13.5. The van der Waals surface area contributed by atoms with Gasteiger partial charge in [0.05, 0.1) is 5.69 Å². The third-order valence-corrected chi connectivity index (χ3v) is 2.84. The Bertz CT molecular complexity index is 643. The third-order valence-electron chi connectivity index (χ3n) is 2.61. The Morgan fingerprint density at radius 2 is 1.89 bits per heavy atom. The molecule has 0 aliphatic heterocycles. The predicted molar refractivity (Wildman–Crippen MR) is 70.5 cm³/mol. The van der Waals surface area contributed by atoms with E-state index in [0.717, 1.165) is 6.07 Å². The van der Waals surface area contributed by atoms with Gasteiger partial charge in [0.1, 0.15) is 11.6 Å². The smallest absolute Gasteiger partial charge is 0.256 e. The fraction of sp³-hybridized carbons (Fsp3) is 0.0714. The fourth-order valence-electron chi connectivity index (χ4n) is 1.66. The van der Waals surface area contributed by atoms with Crippen molar-refractivity contribution in [1.29, 1.82) is 0 Å². The number of nitrogens with one attached hydrogen (secondary N) is 1. The lowest BCUT2D eigenvalue weighted by Crippen LogP contribution is -2.14. The minimum atomic E-state index is -0.586. The number of benzene rings is 2. The summed E-state index contributed by atoms with van der Waals surface area (Å²) in [5, 5.41) is 2.72. The van der Waals surface area contributed by atoms with Crippen molar-refractivity contribution >= 4 is 23.2 Å². The van der Waals surface area contributed by atoms with Crippen LogP contribution in [0.1, 0.15) is 15.9 Å². The van der Waals surface area contributed by atoms with Gasteiger partial charge in [-0.1, -0.05) is 11.6 Å². The Balaban J connectivity index is 2.28. The first-order chi connectivity index (χ1) is 8.97. The Morgan fingerprint density at radius 1 is 1.16 bits per heavy atom. The molecule has 0 fully saturated rings. The van der Waals surface area contributed by atoms with Crippen LogP contribution in [0.4, 0.5) is 14.5 Å². The second-order valence-corrected chi connectivity index (χ2v) is 4.47. The van der Waals surface area contributed by atoms with Gasteiger partial charge in [0.25, 0.3) is 5.91 Å². The van der Waals surface area contributed by atoms with E-state index in [1.807, 2.05) is 0 Å². The maximum Gasteiger partial charge on any atom is 0.256 e. The van der Waals surface area contributed by atoms with E-state index in [1.165, 1.54) is 30.3 Å². The van der Waals surface area contributed by atoms with Gasteiger partial charge in [0.2, 0.25) is 0 Å². The largest absolute Gasteiger partial charge is 0.319 e. The van der Waals surface area contributed by atoms with Gasteiger partial charge in [0.15, 0.2) is 0 Å². The van der Waals surface area contributed by atoms with E-state index in [-0.39, 0.29) is 11.3 Å². The number of aryl methyl sites for hydroxylation is 1. The number of hydrogen-bond acceptors (Lipinski definition) is 1. The number of amides is 1. The maximum atomic E-state index is 13.5. The lowest BCUT2D eigenvalue weighted by molar-refractivity contribution is 0.102. The molecule has 0 unspecified atom stereocenters. The van der Waals surface area contributed by atoms with Crippen LogP contribution < -0.4 is 5.32 Å². The van der Waals surface area contributed by atoms with Crippen LogP contribution in [0.15, 0.2) is 36.4 Å². The summed E-state index contributed by atoms with van der Waals surface area (Å²) in [7, 11) is 0. The number of carbonyl (C=O) groups excluding carboxylic acids is 1. The normalized spacial score (nSPS) is 10.3. The second kappa shape index (κ2) is 5.36. The van der Waals surface area contributed by atoms with Crippen LogP contribution in [-0.4, -0.2) is 5.91 Å². The molecule has 5 heteroatoms. The zero-order valence-electron chi connectivity index (χ0n) is 10.0. The molecule has 0 bridgehead atoms. The highest BCUT2D eigenvalue weighted by Gasteiger charge is 2.12. The zero-order valence-corrected chi connectivity index (χ0v) is 10.8. The van der Waals surface area contributed by atoms with Gasteiger partial charge in [-0.2, -0.15) is 0 Å². The average Bonchev–Trinajstić information content (AvgIpc) is 2.33. The highest BCUT2D eigenvalue weighted by atomic mass is 35.5. The molecule has 0 radical (unpaired) electrons. The average molecular weight is 282 g/mol. The van der Waals surface area contributed by atoms with Crippen molar-refractivity contribution in [2.45, 2.75) is 6.92 Å². The van der Waals surface area contributed by atoms with Gasteiger partial charge in [-0.3, -0.25) is 4.79 Å². The van der Waals surface area contributed by atoms with Crippen LogP contribution in [0, 0.1) is 18.6 Å². The standard InChI is InChI=1S/C14H10ClF2NO/c1-8-6-10(16)3-4-11(8)14(19)18-13-7-9(15)2-5-12(13)17/h2-7H,1H3,(H,18,19). The Hall–Kier alpha value is -1.94. The number of rotatable bonds is 2. The molecule has 0 saturated heterocycles. The minimum absolute atomic E-state index is 0.0128. The van der Waals surface area contributed by atoms with Crippen LogP contribution in [0.25, 0.3) is 0 Å². The monoisotopic (exact) mass is 281 g/mol. The summed E-state index contributed by atoms with van der Waals surface area (Å²) in [5.41, 5.74) is 0.738. The van der Waals surface area contributed by atoms with Gasteiger partial charge in [-0.15, -0.1) is 0 Å². The molecule has 98 valence electrons. The summed E-state index contributed by atoms with van der Waals surface area (Å²) in [4.78, 5) is 12.0. The van der Waals surface area contributed by atoms with Crippen LogP contribution in [-0.2, 0) is 0 Å². The van der Waals surface area contributed by atoms with Crippen molar-refractivity contribution in [3.63, 3.8) is 0 Å². The van der Waals surface area contributed by atoms with Crippen molar-refractivity contribution in [3.8, 4) is 0 Å². The molecule has 1 N–H and O–H groups in total. The predicted octanol–water partition coefficient (Wildman–Crippen LogP) is 4.18. The molecule has 19 heavy (non-hydrogen) atoms. The Labute approximate surface area is 114 Å². The van der Waals surface area contributed by atoms with Crippen molar-refractivity contribution in [3.05, 3.63) is 64.2 Å². The lowest BCUT2D eigenvalue weighted by Gasteiger charge is -2.09. The summed E-state index contributed by atoms with van der Waals surface area (Å²) in [6.45, 7) is 1.60. The van der Waals surface area contributed by atoms with Gasteiger partial charge < -0.3 is 5.32 Å². The van der Waals surface area contributed by atoms with Crippen molar-refractivity contribution in [1.82, 2.24) is 0 Å². The van der Waals surface area contributed by atoms with E-state index in [2.05, 4.69) is 5.32 Å². The Kier molecular flexibility index (Phi) is 3.81. The van der Waals surface area contributed by atoms with Crippen LogP contribution in [0.2, 0.25) is 5.02 Å². The molecule has 2 rings (SSSR count). The number of halogens is 3. The summed E-state index contributed by atoms with van der Waals surface area (Å²) in [5.74, 6) is -1.53. The fourth-order valence-corrected chi connectivity index (χ4v) is 1.84. The molecule has 2 aromatic carbocycles. The number of carbonyl (C=O) groups is 1. The summed E-state index contributed by atoms with van der Waals surface area (Å²) in [6, 6.07) is 7.63. The van der Waals surface area contributed by atoms with Gasteiger partial charge in [0, 0.05) is 10.6 Å². The van der Waals surface area contributed by atoms with E-state index in [1.54, 1.807) is 6.92 Å². The minimum Gasteiger partial charge on any atom is -0.319 e. The number of hydrogen-bond donors (Lipinski definition) is 1. The third kappa shape index (κ3) is 3.09. The summed E-state index contributed by atoms with van der Waals surface area (Å²) >= 11 is 5.73. The highest BCUT2D eigenvalue weighted by molar-refractivity contribution is 6.31. The Morgan fingerprint density at radius 3 is 2.58 bits per heavy atom. The molecular formula is C14H10ClF2NO. The molecule has 2 aromatic rings. The van der Waals surface area contributed by atoms with Gasteiger partial charge in [-0.25, -0.2) is 8.78 Å². The van der Waals surface area contributed by atoms with Gasteiger partial charge in [-0.05, 0) is 48.9 Å². The molecule has 0 atom stereocenters. The second-order valence-electron chi connectivity index (χ2n) is 4.04. The lowest BCUT2D eigenvalue weighted by atomic mass is 10.1. The SMILES string of the molecule is Cc1cc(F)ccc1C(=O)Nc1cc(Cl)ccc1F. The summed E-state index contributed by atoms with van der Waals surface area (Å²) < 4.78 is 26.4. The highest BCUT2D eigenvalue weighted by Crippen LogP contribution is 2.21. The van der Waals surface area contributed by atoms with E-state index in [0.29, 0.717) is 10.6 Å². The van der Waals surface area contributed by atoms with Crippen LogP contribution in [0.3, 0.4) is 0 Å². The molecule has 0 saturated carbocycles. The topological polar surface area (TPSA) is 29.1 Å². The van der Waals surface area contributed by atoms with E-state index in [4.69, 9.17) is 11.6 Å². The molecule has 0 aliphatic carbocycles. The van der Waals surface area contributed by atoms with Crippen LogP contribution in [0.5, 0.6) is 0 Å². The van der Waals surface area contributed by atoms with Crippen molar-refractivity contribution in [2.75, 3.05) is 5.32 Å². The molecule has 2 nitrogen and oxygen atoms in total. The first-order valence-corrected chi connectivity index (χ1v) is 5.88. The molecule has 0 spiro atoms. The molecule has 1 amide bonds. The van der Waals surface area contributed by atoms with Crippen LogP contribution >= 0.6 is 11.6 Å². The number of anilines is 1. The van der Waals surface area contributed by atoms with E-state index in [9.17, 15) is 13.6 Å². The molecule has 0 aliphatic rings. The quantitative estimate of drug-likeness (QED) is 0.879. The zero-order chi connectivity index (χ0) is 14.0. The molecule has 0 aromatic heterocycles. The first-order valence-electron chi connectivity index (χ1n) is 5.50. The molecular weight excluding hydrogens is 272 g/mol. The van der Waals surface area contributed by atoms with E-state index < -0.39 is 17.5 Å². The molecule has 0 heterocycles. The van der Waals surface area contributed by atoms with Crippen molar-refractivity contribution < 1.29 is 13.6 Å². The maximum absolute atomic E-state index is 13.5. The van der Waals surface area contributed by atoms with Crippen molar-refractivity contribution in [2.24, 2.45) is 0 Å². The van der Waals surface area contributed by atoms with E-state index >= 15 is 0 Å². The van der Waals surface area contributed by atoms with Gasteiger partial charge >= 0.3 is 0 Å².